The molecule has 0 radical (unpaired) electrons. The number of rotatable bonds is 4. The summed E-state index contributed by atoms with van der Waals surface area (Å²) in [4.78, 5) is 29.6. The molecule has 0 atom stereocenters. The van der Waals surface area contributed by atoms with Crippen molar-refractivity contribution in [2.45, 2.75) is 13.5 Å². The maximum Gasteiger partial charge on any atom is 0.352 e. The Morgan fingerprint density at radius 2 is 1.86 bits per heavy atom. The van der Waals surface area contributed by atoms with Gasteiger partial charge in [-0.2, -0.15) is 0 Å². The summed E-state index contributed by atoms with van der Waals surface area (Å²) in [6.45, 7) is 1.30. The minimum absolute atomic E-state index is 0.311. The molecule has 0 spiro atoms. The largest absolute Gasteiger partial charge is 0.352 e. The van der Waals surface area contributed by atoms with Gasteiger partial charge < -0.3 is 5.32 Å². The minimum atomic E-state index is -0.784. The zero-order valence-corrected chi connectivity index (χ0v) is 15.3. The molecule has 0 unspecified atom stereocenters. The van der Waals surface area contributed by atoms with Crippen molar-refractivity contribution in [3.05, 3.63) is 82.4 Å². The first-order chi connectivity index (χ1) is 13.9. The maximum absolute atomic E-state index is 13.7. The number of benzene rings is 2. The summed E-state index contributed by atoms with van der Waals surface area (Å²) >= 11 is 0. The van der Waals surface area contributed by atoms with E-state index >= 15 is 0 Å². The Labute approximate surface area is 163 Å². The highest BCUT2D eigenvalue weighted by molar-refractivity contribution is 5.90. The lowest BCUT2D eigenvalue weighted by Gasteiger charge is -2.06. The van der Waals surface area contributed by atoms with E-state index in [-0.39, 0.29) is 5.69 Å². The van der Waals surface area contributed by atoms with Crippen molar-refractivity contribution in [1.82, 2.24) is 19.2 Å². The molecule has 0 saturated heterocycles. The van der Waals surface area contributed by atoms with E-state index < -0.39 is 29.8 Å². The molecule has 0 bridgehead atoms. The van der Waals surface area contributed by atoms with Crippen molar-refractivity contribution in [3.63, 3.8) is 0 Å². The lowest BCUT2D eigenvalue weighted by molar-refractivity contribution is -0.117. The van der Waals surface area contributed by atoms with Gasteiger partial charge in [-0.1, -0.05) is 30.3 Å². The van der Waals surface area contributed by atoms with Gasteiger partial charge in [-0.3, -0.25) is 4.79 Å². The van der Waals surface area contributed by atoms with Crippen LogP contribution in [0, 0.1) is 18.6 Å². The normalized spacial score (nSPS) is 11.0. The first-order valence-electron chi connectivity index (χ1n) is 8.70. The predicted octanol–water partition coefficient (Wildman–Crippen LogP) is 2.78. The molecule has 29 heavy (non-hydrogen) atoms. The molecule has 0 fully saturated rings. The standard InChI is InChI=1S/C20H15F2N5O2/c1-12-9-17-25-26(11-18(28)24-16-10-14(21)7-8-15(16)22)20(29)27(17)19(23-12)13-5-3-2-4-6-13/h2-10H,11H2,1H3,(H,24,28). The molecule has 2 heterocycles. The molecule has 1 N–H and O–H groups in total. The fraction of sp³-hybridized carbons (Fsp3) is 0.100. The number of carbonyl (C=O) groups excluding carboxylic acids is 1. The third-order valence-electron chi connectivity index (χ3n) is 4.22. The molecule has 2 aromatic carbocycles. The second kappa shape index (κ2) is 7.27. The lowest BCUT2D eigenvalue weighted by Crippen LogP contribution is -2.29. The quantitative estimate of drug-likeness (QED) is 0.576. The number of aromatic nitrogens is 4. The Bertz CT molecular complexity index is 1280. The first kappa shape index (κ1) is 18.5. The maximum atomic E-state index is 13.7. The van der Waals surface area contributed by atoms with Gasteiger partial charge in [0.2, 0.25) is 5.91 Å². The molecule has 7 nitrogen and oxygen atoms in total. The summed E-state index contributed by atoms with van der Waals surface area (Å²) in [5, 5.41) is 6.43. The lowest BCUT2D eigenvalue weighted by atomic mass is 10.2. The molecular weight excluding hydrogens is 380 g/mol. The summed E-state index contributed by atoms with van der Waals surface area (Å²) < 4.78 is 29.3. The second-order valence-electron chi connectivity index (χ2n) is 6.39. The molecular formula is C20H15F2N5O2. The van der Waals surface area contributed by atoms with E-state index in [0.29, 0.717) is 22.7 Å². The molecule has 4 rings (SSSR count). The third kappa shape index (κ3) is 3.62. The Hall–Kier alpha value is -3.88. The zero-order valence-electron chi connectivity index (χ0n) is 15.3. The summed E-state index contributed by atoms with van der Waals surface area (Å²) in [7, 11) is 0. The molecule has 146 valence electrons. The Morgan fingerprint density at radius 3 is 2.62 bits per heavy atom. The van der Waals surface area contributed by atoms with E-state index in [1.54, 1.807) is 13.0 Å². The summed E-state index contributed by atoms with van der Waals surface area (Å²) in [6, 6.07) is 13.4. The molecule has 0 saturated carbocycles. The number of halogens is 2. The molecule has 2 aromatic heterocycles. The predicted molar refractivity (Wildman–Crippen MR) is 102 cm³/mol. The van der Waals surface area contributed by atoms with Gasteiger partial charge in [0, 0.05) is 23.4 Å². The fourth-order valence-electron chi connectivity index (χ4n) is 2.96. The highest BCUT2D eigenvalue weighted by Gasteiger charge is 2.17. The molecule has 0 aliphatic rings. The van der Waals surface area contributed by atoms with E-state index in [1.165, 1.54) is 4.40 Å². The SMILES string of the molecule is Cc1cc2nn(CC(=O)Nc3cc(F)ccc3F)c(=O)n2c(-c2ccccc2)n1. The van der Waals surface area contributed by atoms with Crippen molar-refractivity contribution >= 4 is 17.2 Å². The molecule has 0 aliphatic carbocycles. The van der Waals surface area contributed by atoms with E-state index in [1.807, 2.05) is 30.3 Å². The second-order valence-corrected chi connectivity index (χ2v) is 6.39. The fourth-order valence-corrected chi connectivity index (χ4v) is 2.96. The van der Waals surface area contributed by atoms with Crippen LogP contribution in [0.1, 0.15) is 5.69 Å². The van der Waals surface area contributed by atoms with Crippen molar-refractivity contribution in [3.8, 4) is 11.4 Å². The van der Waals surface area contributed by atoms with Crippen LogP contribution in [-0.2, 0) is 11.3 Å². The van der Waals surface area contributed by atoms with Crippen LogP contribution in [0.25, 0.3) is 17.0 Å². The van der Waals surface area contributed by atoms with Gasteiger partial charge in [0.25, 0.3) is 0 Å². The van der Waals surface area contributed by atoms with Crippen molar-refractivity contribution in [1.29, 1.82) is 0 Å². The monoisotopic (exact) mass is 395 g/mol. The number of carbonyl (C=O) groups is 1. The van der Waals surface area contributed by atoms with Crippen LogP contribution in [0.3, 0.4) is 0 Å². The van der Waals surface area contributed by atoms with Crippen molar-refractivity contribution in [2.24, 2.45) is 0 Å². The molecule has 0 aliphatic heterocycles. The number of anilines is 1. The van der Waals surface area contributed by atoms with Gasteiger partial charge in [0.15, 0.2) is 5.65 Å². The average molecular weight is 395 g/mol. The number of aryl methyl sites for hydroxylation is 1. The van der Waals surface area contributed by atoms with Gasteiger partial charge in [-0.25, -0.2) is 27.6 Å². The summed E-state index contributed by atoms with van der Waals surface area (Å²) in [5.74, 6) is -1.80. The average Bonchev–Trinajstić information content (AvgIpc) is 2.99. The van der Waals surface area contributed by atoms with E-state index in [0.717, 1.165) is 22.9 Å². The highest BCUT2D eigenvalue weighted by Crippen LogP contribution is 2.18. The van der Waals surface area contributed by atoms with Crippen LogP contribution in [-0.4, -0.2) is 25.1 Å². The van der Waals surface area contributed by atoms with Crippen LogP contribution in [0.2, 0.25) is 0 Å². The van der Waals surface area contributed by atoms with Crippen LogP contribution in [0.5, 0.6) is 0 Å². The van der Waals surface area contributed by atoms with Gasteiger partial charge in [-0.05, 0) is 19.1 Å². The number of hydrogen-bond acceptors (Lipinski definition) is 4. The summed E-state index contributed by atoms with van der Waals surface area (Å²) in [5.41, 5.74) is 0.815. The van der Waals surface area contributed by atoms with Gasteiger partial charge in [-0.15, -0.1) is 5.10 Å². The topological polar surface area (TPSA) is 81.3 Å². The minimum Gasteiger partial charge on any atom is -0.322 e. The summed E-state index contributed by atoms with van der Waals surface area (Å²) in [6.07, 6.45) is 0. The zero-order chi connectivity index (χ0) is 20.5. The number of hydrogen-bond donors (Lipinski definition) is 1. The van der Waals surface area contributed by atoms with Crippen LogP contribution in [0.15, 0.2) is 59.4 Å². The highest BCUT2D eigenvalue weighted by atomic mass is 19.1. The number of nitrogens with one attached hydrogen (secondary N) is 1. The third-order valence-corrected chi connectivity index (χ3v) is 4.22. The molecule has 1 amide bonds. The van der Waals surface area contributed by atoms with Gasteiger partial charge >= 0.3 is 5.69 Å². The van der Waals surface area contributed by atoms with E-state index in [2.05, 4.69) is 15.4 Å². The van der Waals surface area contributed by atoms with Crippen LogP contribution >= 0.6 is 0 Å². The van der Waals surface area contributed by atoms with Crippen molar-refractivity contribution < 1.29 is 13.6 Å². The van der Waals surface area contributed by atoms with Gasteiger partial charge in [0.1, 0.15) is 24.0 Å². The van der Waals surface area contributed by atoms with Crippen LogP contribution < -0.4 is 11.0 Å². The molecule has 9 heteroatoms. The van der Waals surface area contributed by atoms with Gasteiger partial charge in [0.05, 0.1) is 5.69 Å². The smallest absolute Gasteiger partial charge is 0.322 e. The first-order valence-corrected chi connectivity index (χ1v) is 8.70. The molecule has 4 aromatic rings. The van der Waals surface area contributed by atoms with Crippen LogP contribution in [0.4, 0.5) is 14.5 Å². The number of amides is 1. The number of fused-ring (bicyclic) bond motifs is 1. The number of nitrogens with zero attached hydrogens (tertiary/aromatic N) is 4. The van der Waals surface area contributed by atoms with Crippen molar-refractivity contribution in [2.75, 3.05) is 5.32 Å². The Kier molecular flexibility index (Phi) is 4.63. The Morgan fingerprint density at radius 1 is 1.10 bits per heavy atom. The Balaban J connectivity index is 1.70. The van der Waals surface area contributed by atoms with E-state index in [4.69, 9.17) is 0 Å². The van der Waals surface area contributed by atoms with E-state index in [9.17, 15) is 18.4 Å².